The van der Waals surface area contributed by atoms with E-state index >= 15 is 0 Å². The summed E-state index contributed by atoms with van der Waals surface area (Å²) >= 11 is 0. The molecule has 0 aromatic rings. The third-order valence-corrected chi connectivity index (χ3v) is 14.5. The molecule has 0 radical (unpaired) electrons. The summed E-state index contributed by atoms with van der Waals surface area (Å²) in [6, 6.07) is 0. The zero-order valence-electron chi connectivity index (χ0n) is 40.3. The van der Waals surface area contributed by atoms with Crippen LogP contribution in [0.25, 0.3) is 0 Å². The van der Waals surface area contributed by atoms with Crippen molar-refractivity contribution < 1.29 is 92.0 Å². The van der Waals surface area contributed by atoms with Crippen molar-refractivity contribution in [2.45, 2.75) is 167 Å². The van der Waals surface area contributed by atoms with Crippen molar-refractivity contribution in [1.82, 2.24) is 0 Å². The van der Waals surface area contributed by atoms with Crippen LogP contribution in [0.5, 0.6) is 0 Å². The molecule has 0 bridgehead atoms. The smallest absolute Gasteiger partial charge is 0.310 e. The van der Waals surface area contributed by atoms with Crippen molar-refractivity contribution in [2.24, 2.45) is 52.8 Å². The molecule has 4 saturated carbocycles. The molecule has 19 heteroatoms. The molecule has 4 aliphatic rings. The number of carbonyl (C=O) groups excluding carboxylic acids is 6. The Kier molecular flexibility index (Phi) is 24.2. The third kappa shape index (κ3) is 17.8. The van der Waals surface area contributed by atoms with Gasteiger partial charge in [-0.1, -0.05) is 96.8 Å². The van der Waals surface area contributed by atoms with Gasteiger partial charge in [-0.05, 0) is 57.8 Å². The van der Waals surface area contributed by atoms with E-state index in [1.807, 2.05) is 0 Å². The first-order chi connectivity index (χ1) is 33.1. The molecule has 9 atom stereocenters. The van der Waals surface area contributed by atoms with Crippen molar-refractivity contribution >= 4 is 53.7 Å². The molecule has 19 nitrogen and oxygen atoms in total. The lowest BCUT2D eigenvalue weighted by Crippen LogP contribution is -2.47. The lowest BCUT2D eigenvalue weighted by atomic mass is 9.79. The summed E-state index contributed by atoms with van der Waals surface area (Å²) in [6.07, 6.45) is 12.1. The van der Waals surface area contributed by atoms with Crippen LogP contribution in [0.3, 0.4) is 0 Å². The Hall–Kier alpha value is -4.81. The Morgan fingerprint density at radius 2 is 0.739 bits per heavy atom. The zero-order chi connectivity index (χ0) is 50.3. The molecule has 9 unspecified atom stereocenters. The summed E-state index contributed by atoms with van der Waals surface area (Å²) in [7, 11) is 0. The first kappa shape index (κ1) is 56.8. The highest BCUT2D eigenvalue weighted by atomic mass is 16.6. The maximum atomic E-state index is 14.2. The number of rotatable bonds is 28. The Labute approximate surface area is 404 Å². The normalized spacial score (nSPS) is 26.2. The molecule has 4 rings (SSSR count). The maximum absolute atomic E-state index is 14.2. The van der Waals surface area contributed by atoms with Gasteiger partial charge in [0.2, 0.25) is 0 Å². The number of carbonyl (C=O) groups is 9. The summed E-state index contributed by atoms with van der Waals surface area (Å²) in [5, 5.41) is 39.8. The van der Waals surface area contributed by atoms with E-state index in [9.17, 15) is 63.6 Å². The van der Waals surface area contributed by atoms with Crippen LogP contribution in [-0.4, -0.2) is 120 Å². The Morgan fingerprint density at radius 1 is 0.435 bits per heavy atom. The van der Waals surface area contributed by atoms with Crippen LogP contribution in [0.1, 0.15) is 161 Å². The topological polar surface area (TPSA) is 290 Å². The van der Waals surface area contributed by atoms with Crippen LogP contribution in [0, 0.1) is 52.8 Å². The summed E-state index contributed by atoms with van der Waals surface area (Å²) in [5.41, 5.74) is -1.89. The molecule has 0 aliphatic heterocycles. The van der Waals surface area contributed by atoms with Crippen LogP contribution < -0.4 is 0 Å². The Morgan fingerprint density at radius 3 is 1.07 bits per heavy atom. The van der Waals surface area contributed by atoms with Crippen LogP contribution in [0.4, 0.5) is 0 Å². The predicted molar refractivity (Wildman–Crippen MR) is 242 cm³/mol. The fourth-order valence-electron chi connectivity index (χ4n) is 10.3. The van der Waals surface area contributed by atoms with E-state index in [1.165, 1.54) is 6.42 Å². The number of unbranched alkanes of at least 4 members (excludes halogenated alkanes) is 6. The number of carboxylic acids is 3. The van der Waals surface area contributed by atoms with Crippen LogP contribution in [0.15, 0.2) is 0 Å². The molecule has 0 saturated heterocycles. The number of esters is 6. The molecule has 4 aliphatic carbocycles. The SMILES string of the molecule is CCCCCCCCCC(=O)OCC(CO)OC(=O)C1CCCCC1C(=O)OCC(COC(=O)C1CCCCC1C(=O)O)(COC(=O)C1CCCCC1C(=O)O)COC(=O)C1CCCCC1C(=O)O. The average Bonchev–Trinajstić information content (AvgIpc) is 3.36. The molecular formula is C50H76O19. The Balaban J connectivity index is 1.55. The van der Waals surface area contributed by atoms with Crippen molar-refractivity contribution in [3.8, 4) is 0 Å². The maximum Gasteiger partial charge on any atom is 0.310 e. The lowest BCUT2D eigenvalue weighted by molar-refractivity contribution is -0.184. The van der Waals surface area contributed by atoms with Gasteiger partial charge in [-0.25, -0.2) is 0 Å². The second-order valence-electron chi connectivity index (χ2n) is 19.7. The molecule has 69 heavy (non-hydrogen) atoms. The van der Waals surface area contributed by atoms with Crippen LogP contribution in [-0.2, 0) is 71.6 Å². The van der Waals surface area contributed by atoms with Gasteiger partial charge in [0.1, 0.15) is 38.4 Å². The van der Waals surface area contributed by atoms with Gasteiger partial charge in [0.05, 0.1) is 54.0 Å². The first-order valence-corrected chi connectivity index (χ1v) is 25.4. The summed E-state index contributed by atoms with van der Waals surface area (Å²) in [4.78, 5) is 118. The largest absolute Gasteiger partial charge is 0.481 e. The molecule has 0 amide bonds. The standard InChI is InChI=1S/C50H76O19/c1-2-3-4-5-6-7-8-25-41(52)64-27-32(26-51)69-49(63)40-24-16-15-23-39(40)48(62)68-31-50(28-65-45(59)36-20-12-9-17-33(36)42(53)54,29-66-46(60)37-21-13-10-18-34(37)43(55)56)30-67-47(61)38-22-14-11-19-35(38)44(57)58/h32-40,51H,2-31H2,1H3,(H,53,54)(H,55,56)(H,57,58). The molecule has 0 spiro atoms. The number of aliphatic carboxylic acids is 3. The number of ether oxygens (including phenoxy) is 6. The van der Waals surface area contributed by atoms with Crippen LogP contribution >= 0.6 is 0 Å². The molecule has 0 heterocycles. The van der Waals surface area contributed by atoms with Gasteiger partial charge < -0.3 is 48.8 Å². The van der Waals surface area contributed by atoms with Gasteiger partial charge in [0, 0.05) is 6.42 Å². The lowest BCUT2D eigenvalue weighted by Gasteiger charge is -2.36. The molecule has 4 N–H and O–H groups in total. The van der Waals surface area contributed by atoms with E-state index in [1.54, 1.807) is 0 Å². The van der Waals surface area contributed by atoms with E-state index < -0.39 is 152 Å². The van der Waals surface area contributed by atoms with Gasteiger partial charge in [0.25, 0.3) is 0 Å². The van der Waals surface area contributed by atoms with Crippen molar-refractivity contribution in [3.63, 3.8) is 0 Å². The molecule has 4 fully saturated rings. The average molecular weight is 981 g/mol. The quantitative estimate of drug-likeness (QED) is 0.0385. The van der Waals surface area contributed by atoms with Gasteiger partial charge in [-0.2, -0.15) is 0 Å². The number of aliphatic hydroxyl groups is 1. The van der Waals surface area contributed by atoms with Crippen molar-refractivity contribution in [2.75, 3.05) is 39.6 Å². The van der Waals surface area contributed by atoms with Gasteiger partial charge in [-0.3, -0.25) is 43.2 Å². The third-order valence-electron chi connectivity index (χ3n) is 14.5. The highest BCUT2D eigenvalue weighted by molar-refractivity contribution is 5.84. The number of aliphatic hydroxyl groups excluding tert-OH is 1. The number of carboxylic acid groups (broad SMARTS) is 3. The first-order valence-electron chi connectivity index (χ1n) is 25.4. The van der Waals surface area contributed by atoms with E-state index in [0.717, 1.165) is 32.1 Å². The minimum absolute atomic E-state index is 0.172. The number of hydrogen-bond donors (Lipinski definition) is 4. The predicted octanol–water partition coefficient (Wildman–Crippen LogP) is 6.21. The molecular weight excluding hydrogens is 905 g/mol. The van der Waals surface area contributed by atoms with Gasteiger partial charge >= 0.3 is 53.7 Å². The molecule has 390 valence electrons. The van der Waals surface area contributed by atoms with E-state index in [2.05, 4.69) is 6.92 Å². The fraction of sp³-hybridized carbons (Fsp3) is 0.820. The summed E-state index contributed by atoms with van der Waals surface area (Å²) in [5.74, 6) is -16.9. The monoisotopic (exact) mass is 980 g/mol. The second-order valence-corrected chi connectivity index (χ2v) is 19.7. The second kappa shape index (κ2) is 29.4. The van der Waals surface area contributed by atoms with Gasteiger partial charge in [0.15, 0.2) is 6.10 Å². The van der Waals surface area contributed by atoms with E-state index in [-0.39, 0.29) is 57.8 Å². The fourth-order valence-corrected chi connectivity index (χ4v) is 10.3. The van der Waals surface area contributed by atoms with Crippen LogP contribution in [0.2, 0.25) is 0 Å². The number of hydrogen-bond acceptors (Lipinski definition) is 16. The van der Waals surface area contributed by atoms with E-state index in [0.29, 0.717) is 57.8 Å². The minimum Gasteiger partial charge on any atom is -0.481 e. The summed E-state index contributed by atoms with van der Waals surface area (Å²) in [6.45, 7) is -1.89. The van der Waals surface area contributed by atoms with Gasteiger partial charge in [-0.15, -0.1) is 0 Å². The van der Waals surface area contributed by atoms with Crippen molar-refractivity contribution in [3.05, 3.63) is 0 Å². The highest BCUT2D eigenvalue weighted by Gasteiger charge is 2.46. The zero-order valence-corrected chi connectivity index (χ0v) is 40.3. The van der Waals surface area contributed by atoms with E-state index in [4.69, 9.17) is 28.4 Å². The van der Waals surface area contributed by atoms with Crippen molar-refractivity contribution in [1.29, 1.82) is 0 Å². The molecule has 0 aromatic heterocycles. The Bertz CT molecular complexity index is 1610. The molecule has 0 aromatic carbocycles. The summed E-state index contributed by atoms with van der Waals surface area (Å²) < 4.78 is 34.1. The highest BCUT2D eigenvalue weighted by Crippen LogP contribution is 2.37. The minimum atomic E-state index is -1.89.